The standard InChI is InChI=1S/C34H52N6O7/c1-23(2)18-35-30(42)17-29(41)27(16-24-12-8-6-9-13-24)38-31(43)28(39-32(44)46-22-25-14-10-7-11-15-25)21-40-20-26(19-36-40)37-33(45)47-34(3,4)5/h7,10-11,14-15,19-20,23-24,27-29,41H,6,8-9,12-13,16-18,21-22H2,1-5H3,(H,35,42)(H,37,45)(H,38,43)(H,39,44)/t27-,28-,29-/m0/s1. The van der Waals surface area contributed by atoms with Crippen molar-refractivity contribution < 1.29 is 33.8 Å². The molecule has 1 saturated carbocycles. The van der Waals surface area contributed by atoms with Crippen LogP contribution in [0.2, 0.25) is 0 Å². The molecule has 0 radical (unpaired) electrons. The lowest BCUT2D eigenvalue weighted by Crippen LogP contribution is -2.55. The van der Waals surface area contributed by atoms with Crippen LogP contribution in [0.15, 0.2) is 42.7 Å². The molecule has 260 valence electrons. The van der Waals surface area contributed by atoms with Gasteiger partial charge in [-0.05, 0) is 44.6 Å². The van der Waals surface area contributed by atoms with E-state index in [9.17, 15) is 24.3 Å². The molecule has 0 saturated heterocycles. The van der Waals surface area contributed by atoms with Gasteiger partial charge in [-0.15, -0.1) is 0 Å². The van der Waals surface area contributed by atoms with E-state index in [2.05, 4.69) is 26.4 Å². The second kappa shape index (κ2) is 18.3. The summed E-state index contributed by atoms with van der Waals surface area (Å²) in [4.78, 5) is 51.6. The van der Waals surface area contributed by atoms with Crippen LogP contribution in [0.3, 0.4) is 0 Å². The SMILES string of the molecule is CC(C)CNC(=O)C[C@H](O)[C@H](CC1CCCCC1)NC(=O)[C@H](Cn1cc(NC(=O)OC(C)(C)C)cn1)NC(=O)OCc1ccccc1. The van der Waals surface area contributed by atoms with Crippen LogP contribution in [0, 0.1) is 11.8 Å². The van der Waals surface area contributed by atoms with Crippen molar-refractivity contribution >= 4 is 29.7 Å². The van der Waals surface area contributed by atoms with Gasteiger partial charge >= 0.3 is 12.2 Å². The van der Waals surface area contributed by atoms with Crippen molar-refractivity contribution in [3.05, 3.63) is 48.3 Å². The van der Waals surface area contributed by atoms with Crippen molar-refractivity contribution in [1.82, 2.24) is 25.7 Å². The molecule has 1 fully saturated rings. The van der Waals surface area contributed by atoms with Crippen LogP contribution in [0.4, 0.5) is 15.3 Å². The minimum Gasteiger partial charge on any atom is -0.445 e. The van der Waals surface area contributed by atoms with Crippen molar-refractivity contribution in [1.29, 1.82) is 0 Å². The van der Waals surface area contributed by atoms with E-state index in [4.69, 9.17) is 9.47 Å². The monoisotopic (exact) mass is 656 g/mol. The zero-order chi connectivity index (χ0) is 34.4. The van der Waals surface area contributed by atoms with E-state index in [1.54, 1.807) is 20.8 Å². The Morgan fingerprint density at radius 1 is 1.02 bits per heavy atom. The highest BCUT2D eigenvalue weighted by atomic mass is 16.6. The topological polar surface area (TPSA) is 173 Å². The molecule has 0 bridgehead atoms. The Labute approximate surface area is 277 Å². The van der Waals surface area contributed by atoms with E-state index in [0.29, 0.717) is 18.7 Å². The van der Waals surface area contributed by atoms with Crippen molar-refractivity contribution in [2.75, 3.05) is 11.9 Å². The predicted octanol–water partition coefficient (Wildman–Crippen LogP) is 4.50. The summed E-state index contributed by atoms with van der Waals surface area (Å²) in [7, 11) is 0. The van der Waals surface area contributed by atoms with Crippen LogP contribution in [-0.2, 0) is 32.2 Å². The molecular formula is C34H52N6O7. The molecule has 1 aliphatic carbocycles. The summed E-state index contributed by atoms with van der Waals surface area (Å²) in [6.07, 6.45) is 5.90. The Hall–Kier alpha value is -4.13. The number of alkyl carbamates (subject to hydrolysis) is 1. The highest BCUT2D eigenvalue weighted by Crippen LogP contribution is 2.28. The number of aliphatic hydroxyl groups is 1. The number of ether oxygens (including phenoxy) is 2. The molecule has 13 heteroatoms. The lowest BCUT2D eigenvalue weighted by atomic mass is 9.83. The van der Waals surface area contributed by atoms with E-state index in [1.165, 1.54) is 17.1 Å². The number of benzene rings is 1. The first-order valence-electron chi connectivity index (χ1n) is 16.5. The van der Waals surface area contributed by atoms with Gasteiger partial charge < -0.3 is 30.5 Å². The highest BCUT2D eigenvalue weighted by Gasteiger charge is 2.31. The summed E-state index contributed by atoms with van der Waals surface area (Å²) < 4.78 is 12.1. The smallest absolute Gasteiger partial charge is 0.412 e. The van der Waals surface area contributed by atoms with Crippen molar-refractivity contribution in [2.45, 2.75) is 117 Å². The first-order chi connectivity index (χ1) is 22.3. The number of amides is 4. The average Bonchev–Trinajstić information content (AvgIpc) is 3.44. The quantitative estimate of drug-likeness (QED) is 0.186. The van der Waals surface area contributed by atoms with Crippen LogP contribution >= 0.6 is 0 Å². The maximum Gasteiger partial charge on any atom is 0.412 e. The molecule has 3 atom stereocenters. The van der Waals surface area contributed by atoms with E-state index < -0.39 is 41.9 Å². The number of aromatic nitrogens is 2. The minimum atomic E-state index is -1.16. The molecule has 0 unspecified atom stereocenters. The molecule has 2 aromatic rings. The molecule has 3 rings (SSSR count). The molecule has 1 heterocycles. The van der Waals surface area contributed by atoms with Crippen molar-refractivity contribution in [3.8, 4) is 0 Å². The lowest BCUT2D eigenvalue weighted by molar-refractivity contribution is -0.128. The number of nitrogens with one attached hydrogen (secondary N) is 4. The number of rotatable bonds is 15. The molecule has 1 aromatic heterocycles. The van der Waals surface area contributed by atoms with Gasteiger partial charge in [-0.3, -0.25) is 19.6 Å². The molecule has 5 N–H and O–H groups in total. The van der Waals surface area contributed by atoms with E-state index in [-0.39, 0.29) is 37.3 Å². The Morgan fingerprint density at radius 2 is 1.72 bits per heavy atom. The third kappa shape index (κ3) is 14.4. The van der Waals surface area contributed by atoms with Crippen LogP contribution in [0.25, 0.3) is 0 Å². The normalized spacial score (nSPS) is 15.6. The molecule has 1 aromatic carbocycles. The average molecular weight is 657 g/mol. The van der Waals surface area contributed by atoms with Gasteiger partial charge in [-0.1, -0.05) is 76.3 Å². The fourth-order valence-electron chi connectivity index (χ4n) is 5.34. The number of hydrogen-bond donors (Lipinski definition) is 5. The summed E-state index contributed by atoms with van der Waals surface area (Å²) in [5.41, 5.74) is 0.421. The molecule has 47 heavy (non-hydrogen) atoms. The Morgan fingerprint density at radius 3 is 2.38 bits per heavy atom. The van der Waals surface area contributed by atoms with Gasteiger partial charge in [-0.25, -0.2) is 9.59 Å². The summed E-state index contributed by atoms with van der Waals surface area (Å²) in [6.45, 7) is 9.59. The molecule has 4 amide bonds. The summed E-state index contributed by atoms with van der Waals surface area (Å²) in [5, 5.41) is 26.4. The first-order valence-corrected chi connectivity index (χ1v) is 16.5. The van der Waals surface area contributed by atoms with Gasteiger partial charge in [-0.2, -0.15) is 5.10 Å². The molecular weight excluding hydrogens is 604 g/mol. The predicted molar refractivity (Wildman–Crippen MR) is 177 cm³/mol. The minimum absolute atomic E-state index is 0.00124. The number of nitrogens with zero attached hydrogens (tertiary/aromatic N) is 2. The first kappa shape index (κ1) is 37.3. The Bertz CT molecular complexity index is 1290. The third-order valence-corrected chi connectivity index (χ3v) is 7.68. The van der Waals surface area contributed by atoms with Gasteiger partial charge in [0, 0.05) is 12.7 Å². The third-order valence-electron chi connectivity index (χ3n) is 7.68. The van der Waals surface area contributed by atoms with Crippen molar-refractivity contribution in [3.63, 3.8) is 0 Å². The lowest BCUT2D eigenvalue weighted by Gasteiger charge is -2.31. The molecule has 0 aliphatic heterocycles. The summed E-state index contributed by atoms with van der Waals surface area (Å²) in [6, 6.07) is 7.25. The fourth-order valence-corrected chi connectivity index (χ4v) is 5.34. The second-order valence-corrected chi connectivity index (χ2v) is 13.7. The van der Waals surface area contributed by atoms with Crippen LogP contribution in [0.1, 0.15) is 85.1 Å². The second-order valence-electron chi connectivity index (χ2n) is 13.7. The highest BCUT2D eigenvalue weighted by molar-refractivity contribution is 5.86. The summed E-state index contributed by atoms with van der Waals surface area (Å²) in [5.74, 6) is -0.321. The van der Waals surface area contributed by atoms with Gasteiger partial charge in [0.15, 0.2) is 0 Å². The van der Waals surface area contributed by atoms with Crippen LogP contribution < -0.4 is 21.3 Å². The van der Waals surface area contributed by atoms with E-state index in [1.807, 2.05) is 44.2 Å². The summed E-state index contributed by atoms with van der Waals surface area (Å²) >= 11 is 0. The zero-order valence-corrected chi connectivity index (χ0v) is 28.3. The van der Waals surface area contributed by atoms with Gasteiger partial charge in [0.05, 0.1) is 37.0 Å². The number of hydrogen-bond acceptors (Lipinski definition) is 8. The van der Waals surface area contributed by atoms with Gasteiger partial charge in [0.1, 0.15) is 18.2 Å². The Balaban J connectivity index is 1.75. The fraction of sp³-hybridized carbons (Fsp3) is 0.618. The Kier molecular flexibility index (Phi) is 14.5. The molecule has 0 spiro atoms. The number of anilines is 1. The molecule has 13 nitrogen and oxygen atoms in total. The van der Waals surface area contributed by atoms with Gasteiger partial charge in [0.2, 0.25) is 11.8 Å². The zero-order valence-electron chi connectivity index (χ0n) is 28.3. The number of carbonyl (C=O) groups is 4. The largest absolute Gasteiger partial charge is 0.445 e. The van der Waals surface area contributed by atoms with Crippen LogP contribution in [0.5, 0.6) is 0 Å². The van der Waals surface area contributed by atoms with E-state index >= 15 is 0 Å². The van der Waals surface area contributed by atoms with Gasteiger partial charge in [0.25, 0.3) is 0 Å². The number of carbonyl (C=O) groups excluding carboxylic acids is 4. The number of aliphatic hydroxyl groups excluding tert-OH is 1. The maximum atomic E-state index is 13.8. The van der Waals surface area contributed by atoms with E-state index in [0.717, 1.165) is 37.7 Å². The maximum absolute atomic E-state index is 13.8. The van der Waals surface area contributed by atoms with Crippen molar-refractivity contribution in [2.24, 2.45) is 11.8 Å². The van der Waals surface area contributed by atoms with Crippen LogP contribution in [-0.4, -0.2) is 69.2 Å². The molecule has 1 aliphatic rings.